The molecule has 0 bridgehead atoms. The minimum absolute atomic E-state index is 0.166. The van der Waals surface area contributed by atoms with E-state index in [1.165, 1.54) is 30.3 Å². The molecule has 0 saturated carbocycles. The number of ether oxygens (including phenoxy) is 1. The Labute approximate surface area is 114 Å². The smallest absolute Gasteiger partial charge is 0.335 e. The molecule has 0 aromatic heterocycles. The van der Waals surface area contributed by atoms with Gasteiger partial charge in [0.2, 0.25) is 0 Å². The highest BCUT2D eigenvalue weighted by molar-refractivity contribution is 6.30. The summed E-state index contributed by atoms with van der Waals surface area (Å²) in [5.41, 5.74) is 0.519. The summed E-state index contributed by atoms with van der Waals surface area (Å²) in [5, 5.41) is 18.2. The number of carbonyl (C=O) groups is 1. The number of halogens is 1. The molecule has 1 N–H and O–H groups in total. The maximum Gasteiger partial charge on any atom is 0.335 e. The lowest BCUT2D eigenvalue weighted by Gasteiger charge is -2.07. The zero-order valence-corrected chi connectivity index (χ0v) is 10.4. The van der Waals surface area contributed by atoms with Crippen molar-refractivity contribution in [3.8, 4) is 17.6 Å². The molecule has 0 heterocycles. The molecule has 0 atom stereocenters. The lowest BCUT2D eigenvalue weighted by atomic mass is 10.2. The van der Waals surface area contributed by atoms with E-state index in [0.717, 1.165) is 0 Å². The molecule has 0 aliphatic carbocycles. The lowest BCUT2D eigenvalue weighted by molar-refractivity contribution is 0.0697. The summed E-state index contributed by atoms with van der Waals surface area (Å²) in [7, 11) is 0. The van der Waals surface area contributed by atoms with Crippen LogP contribution in [-0.4, -0.2) is 11.1 Å². The second-order valence-corrected chi connectivity index (χ2v) is 4.12. The number of nitrogens with zero attached hydrogens (tertiary/aromatic N) is 1. The van der Waals surface area contributed by atoms with Gasteiger partial charge in [-0.05, 0) is 36.4 Å². The molecular formula is C14H8ClNO3. The molecule has 0 unspecified atom stereocenters. The first-order chi connectivity index (χ1) is 9.10. The van der Waals surface area contributed by atoms with Gasteiger partial charge in [-0.2, -0.15) is 5.26 Å². The molecule has 2 rings (SSSR count). The molecule has 19 heavy (non-hydrogen) atoms. The Balaban J connectivity index is 2.28. The van der Waals surface area contributed by atoms with Gasteiger partial charge in [0.15, 0.2) is 0 Å². The fourth-order valence-corrected chi connectivity index (χ4v) is 1.63. The van der Waals surface area contributed by atoms with E-state index in [4.69, 9.17) is 26.7 Å². The van der Waals surface area contributed by atoms with Gasteiger partial charge >= 0.3 is 5.97 Å². The van der Waals surface area contributed by atoms with Crippen LogP contribution in [0.1, 0.15) is 15.9 Å². The van der Waals surface area contributed by atoms with E-state index >= 15 is 0 Å². The monoisotopic (exact) mass is 273 g/mol. The predicted octanol–water partition coefficient (Wildman–Crippen LogP) is 3.70. The van der Waals surface area contributed by atoms with E-state index in [1.807, 2.05) is 6.07 Å². The summed E-state index contributed by atoms with van der Waals surface area (Å²) in [6.07, 6.45) is 0. The Hall–Kier alpha value is -2.51. The van der Waals surface area contributed by atoms with Crippen molar-refractivity contribution >= 4 is 17.6 Å². The summed E-state index contributed by atoms with van der Waals surface area (Å²) < 4.78 is 5.52. The third kappa shape index (κ3) is 3.03. The largest absolute Gasteiger partial charge is 0.478 e. The Kier molecular flexibility index (Phi) is 3.69. The van der Waals surface area contributed by atoms with Crippen molar-refractivity contribution in [2.24, 2.45) is 0 Å². The van der Waals surface area contributed by atoms with E-state index in [2.05, 4.69) is 0 Å². The Morgan fingerprint density at radius 1 is 1.21 bits per heavy atom. The fourth-order valence-electron chi connectivity index (χ4n) is 1.47. The molecule has 5 heteroatoms. The first kappa shape index (κ1) is 12.9. The molecule has 0 amide bonds. The highest BCUT2D eigenvalue weighted by Crippen LogP contribution is 2.28. The summed E-state index contributed by atoms with van der Waals surface area (Å²) in [6, 6.07) is 12.6. The van der Waals surface area contributed by atoms with Gasteiger partial charge in [0.05, 0.1) is 11.1 Å². The molecule has 0 aliphatic heterocycles. The molecule has 0 saturated heterocycles. The quantitative estimate of drug-likeness (QED) is 0.925. The molecule has 0 aliphatic rings. The van der Waals surface area contributed by atoms with Gasteiger partial charge in [0.1, 0.15) is 17.6 Å². The average Bonchev–Trinajstić information content (AvgIpc) is 2.39. The minimum atomic E-state index is -1.01. The van der Waals surface area contributed by atoms with Crippen molar-refractivity contribution in [3.63, 3.8) is 0 Å². The third-order valence-corrected chi connectivity index (χ3v) is 2.63. The zero-order valence-electron chi connectivity index (χ0n) is 9.63. The Morgan fingerprint density at radius 3 is 2.47 bits per heavy atom. The fraction of sp³-hybridized carbons (Fsp3) is 0. The van der Waals surface area contributed by atoms with Crippen LogP contribution in [0.15, 0.2) is 42.5 Å². The maximum atomic E-state index is 10.7. The van der Waals surface area contributed by atoms with Gasteiger partial charge in [0.25, 0.3) is 0 Å². The van der Waals surface area contributed by atoms with Crippen molar-refractivity contribution in [1.29, 1.82) is 5.26 Å². The SMILES string of the molecule is N#Cc1ccc(Cl)cc1Oc1ccc(C(=O)O)cc1. The Morgan fingerprint density at radius 2 is 1.89 bits per heavy atom. The van der Waals surface area contributed by atoms with Crippen LogP contribution < -0.4 is 4.74 Å². The van der Waals surface area contributed by atoms with Gasteiger partial charge in [0, 0.05) is 11.1 Å². The van der Waals surface area contributed by atoms with Crippen LogP contribution in [0.2, 0.25) is 5.02 Å². The third-order valence-electron chi connectivity index (χ3n) is 2.39. The van der Waals surface area contributed by atoms with E-state index in [-0.39, 0.29) is 5.56 Å². The van der Waals surface area contributed by atoms with Crippen LogP contribution in [0, 0.1) is 11.3 Å². The molecular weight excluding hydrogens is 266 g/mol. The number of aromatic carboxylic acids is 1. The number of nitriles is 1. The number of carboxylic acids is 1. The highest BCUT2D eigenvalue weighted by Gasteiger charge is 2.07. The molecule has 94 valence electrons. The van der Waals surface area contributed by atoms with E-state index in [9.17, 15) is 4.79 Å². The normalized spacial score (nSPS) is 9.68. The number of carboxylic acid groups (broad SMARTS) is 1. The maximum absolute atomic E-state index is 10.7. The second-order valence-electron chi connectivity index (χ2n) is 3.68. The van der Waals surface area contributed by atoms with Crippen LogP contribution in [0.3, 0.4) is 0 Å². The van der Waals surface area contributed by atoms with Crippen LogP contribution >= 0.6 is 11.6 Å². The first-order valence-electron chi connectivity index (χ1n) is 5.31. The lowest BCUT2D eigenvalue weighted by Crippen LogP contribution is -1.95. The molecule has 2 aromatic rings. The van der Waals surface area contributed by atoms with Crippen LogP contribution in [-0.2, 0) is 0 Å². The second kappa shape index (κ2) is 5.42. The van der Waals surface area contributed by atoms with Crippen molar-refractivity contribution in [2.75, 3.05) is 0 Å². The van der Waals surface area contributed by atoms with Gasteiger partial charge in [-0.3, -0.25) is 0 Å². The molecule has 4 nitrogen and oxygen atoms in total. The average molecular weight is 274 g/mol. The van der Waals surface area contributed by atoms with Crippen LogP contribution in [0.4, 0.5) is 0 Å². The summed E-state index contributed by atoms with van der Waals surface area (Å²) in [6.45, 7) is 0. The topological polar surface area (TPSA) is 70.3 Å². The number of hydrogen-bond acceptors (Lipinski definition) is 3. The van der Waals surface area contributed by atoms with Gasteiger partial charge in [-0.25, -0.2) is 4.79 Å². The standard InChI is InChI=1S/C14H8ClNO3/c15-11-4-1-10(8-16)13(7-11)19-12-5-2-9(3-6-12)14(17)18/h1-7H,(H,17,18). The van der Waals surface area contributed by atoms with Crippen LogP contribution in [0.25, 0.3) is 0 Å². The summed E-state index contributed by atoms with van der Waals surface area (Å²) in [5.74, 6) is -0.242. The molecule has 2 aromatic carbocycles. The van der Waals surface area contributed by atoms with Gasteiger partial charge in [-0.1, -0.05) is 11.6 Å². The number of benzene rings is 2. The molecule has 0 fully saturated rings. The van der Waals surface area contributed by atoms with Crippen molar-refractivity contribution in [3.05, 3.63) is 58.6 Å². The van der Waals surface area contributed by atoms with Crippen molar-refractivity contribution < 1.29 is 14.6 Å². The minimum Gasteiger partial charge on any atom is -0.478 e. The Bertz CT molecular complexity index is 659. The number of hydrogen-bond donors (Lipinski definition) is 1. The molecule has 0 spiro atoms. The van der Waals surface area contributed by atoms with Crippen molar-refractivity contribution in [2.45, 2.75) is 0 Å². The number of rotatable bonds is 3. The summed E-state index contributed by atoms with van der Waals surface area (Å²) >= 11 is 5.84. The van der Waals surface area contributed by atoms with E-state index in [1.54, 1.807) is 12.1 Å². The van der Waals surface area contributed by atoms with E-state index < -0.39 is 5.97 Å². The summed E-state index contributed by atoms with van der Waals surface area (Å²) in [4.78, 5) is 10.7. The van der Waals surface area contributed by atoms with Crippen molar-refractivity contribution in [1.82, 2.24) is 0 Å². The van der Waals surface area contributed by atoms with Crippen LogP contribution in [0.5, 0.6) is 11.5 Å². The first-order valence-corrected chi connectivity index (χ1v) is 5.69. The highest BCUT2D eigenvalue weighted by atomic mass is 35.5. The zero-order chi connectivity index (χ0) is 13.8. The van der Waals surface area contributed by atoms with Gasteiger partial charge < -0.3 is 9.84 Å². The molecule has 0 radical (unpaired) electrons. The predicted molar refractivity (Wildman–Crippen MR) is 69.6 cm³/mol. The van der Waals surface area contributed by atoms with Gasteiger partial charge in [-0.15, -0.1) is 0 Å². The van der Waals surface area contributed by atoms with E-state index in [0.29, 0.717) is 22.1 Å².